The van der Waals surface area contributed by atoms with Crippen LogP contribution < -0.4 is 14.4 Å². The molecule has 0 unspecified atom stereocenters. The van der Waals surface area contributed by atoms with Crippen molar-refractivity contribution < 1.29 is 18.9 Å². The van der Waals surface area contributed by atoms with Gasteiger partial charge < -0.3 is 18.9 Å². The molecule has 0 amide bonds. The molecule has 0 aliphatic carbocycles. The second-order valence-electron chi connectivity index (χ2n) is 6.13. The summed E-state index contributed by atoms with van der Waals surface area (Å²) in [7, 11) is 3.10. The monoisotopic (exact) mass is 398 g/mol. The number of nitro benzene ring substituents is 1. The number of hydrogen-bond donors (Lipinski definition) is 0. The molecule has 152 valence electrons. The molecular weight excluding hydrogens is 376 g/mol. The first-order chi connectivity index (χ1) is 14.0. The van der Waals surface area contributed by atoms with Crippen LogP contribution in [-0.4, -0.2) is 42.4 Å². The smallest absolute Gasteiger partial charge is 0.293 e. The number of hydrogen-bond acceptors (Lipinski definition) is 8. The molecule has 3 rings (SSSR count). The Balaban J connectivity index is 1.98. The van der Waals surface area contributed by atoms with Crippen molar-refractivity contribution in [2.45, 2.75) is 13.8 Å². The topological polar surface area (TPSA) is 104 Å². The highest BCUT2D eigenvalue weighted by Gasteiger charge is 2.21. The quantitative estimate of drug-likeness (QED) is 0.411. The van der Waals surface area contributed by atoms with E-state index in [9.17, 15) is 10.1 Å². The Hall–Kier alpha value is -3.62. The van der Waals surface area contributed by atoms with Crippen molar-refractivity contribution in [3.05, 3.63) is 46.5 Å². The van der Waals surface area contributed by atoms with Gasteiger partial charge in [0.2, 0.25) is 5.82 Å². The number of aromatic nitrogens is 2. The van der Waals surface area contributed by atoms with Crippen LogP contribution in [-0.2, 0) is 0 Å². The van der Waals surface area contributed by atoms with Gasteiger partial charge in [-0.25, -0.2) is 0 Å². The maximum absolute atomic E-state index is 11.6. The van der Waals surface area contributed by atoms with Gasteiger partial charge in [-0.1, -0.05) is 5.16 Å². The maximum atomic E-state index is 11.6. The lowest BCUT2D eigenvalue weighted by molar-refractivity contribution is -0.384. The molecule has 0 N–H and O–H groups in total. The highest BCUT2D eigenvalue weighted by Crippen LogP contribution is 2.35. The van der Waals surface area contributed by atoms with Crippen LogP contribution in [0.2, 0.25) is 0 Å². The van der Waals surface area contributed by atoms with E-state index in [4.69, 9.17) is 14.0 Å². The van der Waals surface area contributed by atoms with Crippen molar-refractivity contribution >= 4 is 11.4 Å². The first-order valence-electron chi connectivity index (χ1n) is 9.12. The predicted octanol–water partition coefficient (Wildman–Crippen LogP) is 4.18. The number of anilines is 1. The van der Waals surface area contributed by atoms with Gasteiger partial charge in [0.15, 0.2) is 11.5 Å². The number of ether oxygens (including phenoxy) is 2. The lowest BCUT2D eigenvalue weighted by atomic mass is 10.1. The van der Waals surface area contributed by atoms with Crippen molar-refractivity contribution in [1.82, 2.24) is 10.1 Å². The van der Waals surface area contributed by atoms with E-state index in [1.54, 1.807) is 44.6 Å². The zero-order valence-corrected chi connectivity index (χ0v) is 16.7. The average Bonchev–Trinajstić information content (AvgIpc) is 3.24. The lowest BCUT2D eigenvalue weighted by Crippen LogP contribution is -2.22. The summed E-state index contributed by atoms with van der Waals surface area (Å²) in [5.41, 5.74) is 1.71. The van der Waals surface area contributed by atoms with Gasteiger partial charge in [0.05, 0.1) is 19.1 Å². The van der Waals surface area contributed by atoms with E-state index in [0.29, 0.717) is 47.2 Å². The summed E-state index contributed by atoms with van der Waals surface area (Å²) < 4.78 is 15.9. The zero-order chi connectivity index (χ0) is 21.0. The molecule has 0 aliphatic rings. The number of benzene rings is 2. The van der Waals surface area contributed by atoms with Crippen LogP contribution in [0.4, 0.5) is 11.4 Å². The highest BCUT2D eigenvalue weighted by molar-refractivity contribution is 5.71. The first kappa shape index (κ1) is 20.1. The second kappa shape index (κ2) is 8.59. The molecule has 0 saturated heterocycles. The van der Waals surface area contributed by atoms with Gasteiger partial charge in [-0.15, -0.1) is 0 Å². The molecule has 0 aliphatic heterocycles. The molecular formula is C20H22N4O5. The summed E-state index contributed by atoms with van der Waals surface area (Å²) in [6.45, 7) is 5.24. The van der Waals surface area contributed by atoms with Crippen LogP contribution >= 0.6 is 0 Å². The fourth-order valence-electron chi connectivity index (χ4n) is 3.07. The summed E-state index contributed by atoms with van der Waals surface area (Å²) in [6.07, 6.45) is 0. The van der Waals surface area contributed by atoms with E-state index >= 15 is 0 Å². The number of methoxy groups -OCH3 is 2. The molecule has 9 nitrogen and oxygen atoms in total. The van der Waals surface area contributed by atoms with Gasteiger partial charge in [0.25, 0.3) is 11.6 Å². The third-order valence-electron chi connectivity index (χ3n) is 4.59. The molecule has 1 aromatic heterocycles. The summed E-state index contributed by atoms with van der Waals surface area (Å²) in [5, 5.41) is 15.6. The van der Waals surface area contributed by atoms with Crippen LogP contribution in [0, 0.1) is 10.1 Å². The molecule has 9 heteroatoms. The molecule has 1 heterocycles. The molecule has 2 aromatic carbocycles. The average molecular weight is 398 g/mol. The van der Waals surface area contributed by atoms with E-state index in [2.05, 4.69) is 10.1 Å². The number of nitrogens with zero attached hydrogens (tertiary/aromatic N) is 4. The normalized spacial score (nSPS) is 10.6. The van der Waals surface area contributed by atoms with E-state index in [0.717, 1.165) is 0 Å². The predicted molar refractivity (Wildman–Crippen MR) is 108 cm³/mol. The third-order valence-corrected chi connectivity index (χ3v) is 4.59. The Labute approximate surface area is 168 Å². The molecule has 3 aromatic rings. The van der Waals surface area contributed by atoms with Crippen LogP contribution in [0.25, 0.3) is 22.8 Å². The van der Waals surface area contributed by atoms with Gasteiger partial charge >= 0.3 is 0 Å². The third kappa shape index (κ3) is 3.98. The van der Waals surface area contributed by atoms with Crippen LogP contribution in [0.5, 0.6) is 11.5 Å². The minimum Gasteiger partial charge on any atom is -0.493 e. The highest BCUT2D eigenvalue weighted by atomic mass is 16.6. The SMILES string of the molecule is CCN(CC)c1ccc(-c2nc(-c3ccc(OC)c(OC)c3)no2)cc1[N+](=O)[O-]. The Morgan fingerprint density at radius 1 is 1.03 bits per heavy atom. The van der Waals surface area contributed by atoms with Crippen LogP contribution in [0.3, 0.4) is 0 Å². The van der Waals surface area contributed by atoms with Gasteiger partial charge in [0.1, 0.15) is 5.69 Å². The van der Waals surface area contributed by atoms with Gasteiger partial charge in [0, 0.05) is 30.3 Å². The van der Waals surface area contributed by atoms with Gasteiger partial charge in [-0.2, -0.15) is 4.98 Å². The van der Waals surface area contributed by atoms with Crippen LogP contribution in [0.1, 0.15) is 13.8 Å². The van der Waals surface area contributed by atoms with Crippen molar-refractivity contribution in [1.29, 1.82) is 0 Å². The number of rotatable bonds is 8. The summed E-state index contributed by atoms with van der Waals surface area (Å²) >= 11 is 0. The largest absolute Gasteiger partial charge is 0.493 e. The minimum absolute atomic E-state index is 0.00272. The van der Waals surface area contributed by atoms with Crippen molar-refractivity contribution in [3.63, 3.8) is 0 Å². The zero-order valence-electron chi connectivity index (χ0n) is 16.7. The molecule has 0 fully saturated rings. The molecule has 0 radical (unpaired) electrons. The minimum atomic E-state index is -0.400. The maximum Gasteiger partial charge on any atom is 0.293 e. The molecule has 29 heavy (non-hydrogen) atoms. The van der Waals surface area contributed by atoms with Gasteiger partial charge in [-0.05, 0) is 44.2 Å². The van der Waals surface area contributed by atoms with Crippen molar-refractivity contribution in [2.24, 2.45) is 0 Å². The lowest BCUT2D eigenvalue weighted by Gasteiger charge is -2.20. The summed E-state index contributed by atoms with van der Waals surface area (Å²) in [5.74, 6) is 1.67. The first-order valence-corrected chi connectivity index (χ1v) is 9.12. The van der Waals surface area contributed by atoms with Crippen LogP contribution in [0.15, 0.2) is 40.9 Å². The van der Waals surface area contributed by atoms with E-state index in [1.165, 1.54) is 6.07 Å². The van der Waals surface area contributed by atoms with E-state index in [1.807, 2.05) is 18.7 Å². The molecule has 0 atom stereocenters. The molecule has 0 spiro atoms. The van der Waals surface area contributed by atoms with Crippen molar-refractivity contribution in [3.8, 4) is 34.3 Å². The summed E-state index contributed by atoms with van der Waals surface area (Å²) in [4.78, 5) is 17.5. The Bertz CT molecular complexity index is 1010. The number of nitro groups is 1. The summed E-state index contributed by atoms with van der Waals surface area (Å²) in [6, 6.07) is 10.2. The van der Waals surface area contributed by atoms with E-state index < -0.39 is 4.92 Å². The van der Waals surface area contributed by atoms with Crippen molar-refractivity contribution in [2.75, 3.05) is 32.2 Å². The fraction of sp³-hybridized carbons (Fsp3) is 0.300. The Morgan fingerprint density at radius 2 is 1.72 bits per heavy atom. The molecule has 0 saturated carbocycles. The fourth-order valence-corrected chi connectivity index (χ4v) is 3.07. The second-order valence-corrected chi connectivity index (χ2v) is 6.13. The molecule has 0 bridgehead atoms. The Kier molecular flexibility index (Phi) is 5.96. The van der Waals surface area contributed by atoms with Gasteiger partial charge in [-0.3, -0.25) is 10.1 Å². The Morgan fingerprint density at radius 3 is 2.34 bits per heavy atom. The van der Waals surface area contributed by atoms with E-state index in [-0.39, 0.29) is 11.6 Å². The standard InChI is InChI=1S/C20H22N4O5/c1-5-23(6-2)15-9-7-14(11-16(15)24(25)26)20-21-19(22-29-20)13-8-10-17(27-3)18(12-13)28-4/h7-12H,5-6H2,1-4H3.